The molecule has 1 N–H and O–H groups in total. The molecule has 8 heteroatoms. The Hall–Kier alpha value is -2.71. The summed E-state index contributed by atoms with van der Waals surface area (Å²) >= 11 is 1.15. The van der Waals surface area contributed by atoms with E-state index in [1.165, 1.54) is 12.1 Å². The van der Waals surface area contributed by atoms with Gasteiger partial charge in [-0.05, 0) is 37.6 Å². The smallest absolute Gasteiger partial charge is 0.262 e. The molecule has 1 amide bonds. The molecule has 152 valence electrons. The molecule has 6 nitrogen and oxygen atoms in total. The van der Waals surface area contributed by atoms with Crippen LogP contribution < -0.4 is 10.9 Å². The molecule has 3 rings (SSSR count). The van der Waals surface area contributed by atoms with Gasteiger partial charge in [-0.2, -0.15) is 0 Å². The number of ether oxygens (including phenoxy) is 1. The number of hydrogen-bond donors (Lipinski definition) is 1. The largest absolute Gasteiger partial charge is 0.382 e. The molecule has 0 aliphatic heterocycles. The first-order chi connectivity index (χ1) is 14.1. The third-order valence-electron chi connectivity index (χ3n) is 4.18. The third-order valence-corrected chi connectivity index (χ3v) is 5.16. The molecule has 0 aliphatic carbocycles. The molecule has 0 fully saturated rings. The van der Waals surface area contributed by atoms with Crippen molar-refractivity contribution in [2.75, 3.05) is 24.3 Å². The molecule has 0 saturated heterocycles. The molecule has 29 heavy (non-hydrogen) atoms. The van der Waals surface area contributed by atoms with Gasteiger partial charge in [0.05, 0.1) is 22.3 Å². The number of nitrogens with one attached hydrogen (secondary N) is 1. The lowest BCUT2D eigenvalue weighted by molar-refractivity contribution is -0.113. The average Bonchev–Trinajstić information content (AvgIpc) is 2.73. The van der Waals surface area contributed by atoms with Crippen molar-refractivity contribution in [3.8, 4) is 0 Å². The number of anilines is 1. The molecule has 1 heterocycles. The second kappa shape index (κ2) is 10.2. The van der Waals surface area contributed by atoms with Gasteiger partial charge in [-0.3, -0.25) is 14.2 Å². The van der Waals surface area contributed by atoms with E-state index in [1.807, 2.05) is 13.0 Å². The quantitative estimate of drug-likeness (QED) is 0.328. The van der Waals surface area contributed by atoms with Gasteiger partial charge in [-0.1, -0.05) is 36.0 Å². The Morgan fingerprint density at radius 2 is 1.97 bits per heavy atom. The van der Waals surface area contributed by atoms with Gasteiger partial charge in [0.15, 0.2) is 5.16 Å². The van der Waals surface area contributed by atoms with Gasteiger partial charge in [0, 0.05) is 19.8 Å². The average molecular weight is 415 g/mol. The fraction of sp³-hybridized carbons (Fsp3) is 0.286. The van der Waals surface area contributed by atoms with E-state index in [1.54, 1.807) is 34.9 Å². The van der Waals surface area contributed by atoms with Crippen LogP contribution in [0, 0.1) is 5.82 Å². The van der Waals surface area contributed by atoms with Crippen molar-refractivity contribution in [2.45, 2.75) is 25.0 Å². The SMILES string of the molecule is CCOCCCn1c(SCC(=O)Nc2ccccc2F)nc2ccccc2c1=O. The number of nitrogens with zero attached hydrogens (tertiary/aromatic N) is 2. The van der Waals surface area contributed by atoms with Gasteiger partial charge in [0.1, 0.15) is 5.82 Å². The van der Waals surface area contributed by atoms with Crippen LogP contribution in [0.5, 0.6) is 0 Å². The van der Waals surface area contributed by atoms with Crippen molar-refractivity contribution in [3.05, 3.63) is 64.7 Å². The molecule has 0 bridgehead atoms. The number of rotatable bonds is 9. The molecule has 0 aliphatic rings. The van der Waals surface area contributed by atoms with E-state index in [0.29, 0.717) is 42.2 Å². The monoisotopic (exact) mass is 415 g/mol. The van der Waals surface area contributed by atoms with Gasteiger partial charge in [0.2, 0.25) is 5.91 Å². The van der Waals surface area contributed by atoms with Gasteiger partial charge >= 0.3 is 0 Å². The summed E-state index contributed by atoms with van der Waals surface area (Å²) in [6.07, 6.45) is 0.656. The lowest BCUT2D eigenvalue weighted by Crippen LogP contribution is -2.25. The summed E-state index contributed by atoms with van der Waals surface area (Å²) in [4.78, 5) is 29.7. The second-order valence-electron chi connectivity index (χ2n) is 6.24. The van der Waals surface area contributed by atoms with Crippen LogP contribution in [-0.4, -0.2) is 34.4 Å². The van der Waals surface area contributed by atoms with Crippen molar-refractivity contribution < 1.29 is 13.9 Å². The summed E-state index contributed by atoms with van der Waals surface area (Å²) in [5.74, 6) is -0.865. The van der Waals surface area contributed by atoms with E-state index in [0.717, 1.165) is 11.8 Å². The van der Waals surface area contributed by atoms with E-state index < -0.39 is 5.82 Å². The molecule has 0 unspecified atom stereocenters. The normalized spacial score (nSPS) is 11.0. The Morgan fingerprint density at radius 1 is 1.21 bits per heavy atom. The minimum atomic E-state index is -0.498. The lowest BCUT2D eigenvalue weighted by atomic mass is 10.2. The highest BCUT2D eigenvalue weighted by Crippen LogP contribution is 2.19. The van der Waals surface area contributed by atoms with E-state index in [9.17, 15) is 14.0 Å². The Morgan fingerprint density at radius 3 is 2.76 bits per heavy atom. The van der Waals surface area contributed by atoms with Crippen LogP contribution >= 0.6 is 11.8 Å². The topological polar surface area (TPSA) is 73.2 Å². The fourth-order valence-corrected chi connectivity index (χ4v) is 3.63. The van der Waals surface area contributed by atoms with Crippen molar-refractivity contribution in [2.24, 2.45) is 0 Å². The summed E-state index contributed by atoms with van der Waals surface area (Å²) in [5.41, 5.74) is 0.554. The molecule has 1 aromatic heterocycles. The minimum Gasteiger partial charge on any atom is -0.382 e. The van der Waals surface area contributed by atoms with Crippen LogP contribution in [0.4, 0.5) is 10.1 Å². The highest BCUT2D eigenvalue weighted by Gasteiger charge is 2.14. The molecule has 0 radical (unpaired) electrons. The lowest BCUT2D eigenvalue weighted by Gasteiger charge is -2.13. The number of halogens is 1. The van der Waals surface area contributed by atoms with Crippen LogP contribution in [0.15, 0.2) is 58.5 Å². The number of carbonyl (C=O) groups is 1. The van der Waals surface area contributed by atoms with Gasteiger partial charge in [-0.25, -0.2) is 9.37 Å². The molecule has 3 aromatic rings. The number of carbonyl (C=O) groups excluding carboxylic acids is 1. The summed E-state index contributed by atoms with van der Waals surface area (Å²) in [6, 6.07) is 13.1. The first-order valence-electron chi connectivity index (χ1n) is 9.34. The maximum absolute atomic E-state index is 13.7. The molecular formula is C21H22FN3O3S. The van der Waals surface area contributed by atoms with E-state index in [4.69, 9.17) is 4.74 Å². The van der Waals surface area contributed by atoms with Gasteiger partial charge < -0.3 is 10.1 Å². The number of para-hydroxylation sites is 2. The highest BCUT2D eigenvalue weighted by molar-refractivity contribution is 7.99. The molecule has 0 spiro atoms. The first-order valence-corrected chi connectivity index (χ1v) is 10.3. The Kier molecular flexibility index (Phi) is 7.37. The van der Waals surface area contributed by atoms with Crippen molar-refractivity contribution >= 4 is 34.3 Å². The van der Waals surface area contributed by atoms with Gasteiger partial charge in [-0.15, -0.1) is 0 Å². The maximum Gasteiger partial charge on any atom is 0.262 e. The van der Waals surface area contributed by atoms with Crippen LogP contribution in [0.25, 0.3) is 10.9 Å². The first kappa shape index (κ1) is 21.0. The van der Waals surface area contributed by atoms with Crippen LogP contribution in [0.1, 0.15) is 13.3 Å². The van der Waals surface area contributed by atoms with Crippen LogP contribution in [-0.2, 0) is 16.1 Å². The zero-order chi connectivity index (χ0) is 20.6. The fourth-order valence-electron chi connectivity index (χ4n) is 2.80. The van der Waals surface area contributed by atoms with Gasteiger partial charge in [0.25, 0.3) is 5.56 Å². The minimum absolute atomic E-state index is 0.00454. The number of aromatic nitrogens is 2. The summed E-state index contributed by atoms with van der Waals surface area (Å²) in [5, 5.41) is 3.53. The number of thioether (sulfide) groups is 1. The highest BCUT2D eigenvalue weighted by atomic mass is 32.2. The Labute approximate surface area is 172 Å². The van der Waals surface area contributed by atoms with Crippen molar-refractivity contribution in [3.63, 3.8) is 0 Å². The third kappa shape index (κ3) is 5.42. The van der Waals surface area contributed by atoms with Crippen molar-refractivity contribution in [1.82, 2.24) is 9.55 Å². The predicted molar refractivity (Wildman–Crippen MR) is 113 cm³/mol. The van der Waals surface area contributed by atoms with Crippen LogP contribution in [0.3, 0.4) is 0 Å². The second-order valence-corrected chi connectivity index (χ2v) is 7.18. The number of hydrogen-bond acceptors (Lipinski definition) is 5. The zero-order valence-electron chi connectivity index (χ0n) is 16.1. The van der Waals surface area contributed by atoms with E-state index in [-0.39, 0.29) is 22.9 Å². The molecular weight excluding hydrogens is 393 g/mol. The van der Waals surface area contributed by atoms with E-state index >= 15 is 0 Å². The Bertz CT molecular complexity index is 1050. The van der Waals surface area contributed by atoms with Crippen molar-refractivity contribution in [1.29, 1.82) is 0 Å². The number of benzene rings is 2. The van der Waals surface area contributed by atoms with Crippen LogP contribution in [0.2, 0.25) is 0 Å². The number of amides is 1. The zero-order valence-corrected chi connectivity index (χ0v) is 16.9. The molecule has 2 aromatic carbocycles. The Balaban J connectivity index is 1.78. The molecule has 0 saturated carbocycles. The number of fused-ring (bicyclic) bond motifs is 1. The molecule has 0 atom stereocenters. The summed E-state index contributed by atoms with van der Waals surface area (Å²) < 4.78 is 20.6. The standard InChI is InChI=1S/C21H22FN3O3S/c1-2-28-13-7-12-25-20(27)15-8-3-5-10-17(15)24-21(25)29-14-19(26)23-18-11-6-4-9-16(18)22/h3-6,8-11H,2,7,12-14H2,1H3,(H,23,26). The summed E-state index contributed by atoms with van der Waals surface area (Å²) in [6.45, 7) is 3.50. The van der Waals surface area contributed by atoms with E-state index in [2.05, 4.69) is 10.3 Å². The maximum atomic E-state index is 13.7. The predicted octanol–water partition coefficient (Wildman–Crippen LogP) is 3.69. The summed E-state index contributed by atoms with van der Waals surface area (Å²) in [7, 11) is 0.